The highest BCUT2D eigenvalue weighted by Crippen LogP contribution is 2.25. The number of hydrogen-bond donors (Lipinski definition) is 0. The number of likely N-dealkylation sites (N-methyl/N-ethyl adjacent to an activating group) is 1. The predicted octanol–water partition coefficient (Wildman–Crippen LogP) is 3.20. The van der Waals surface area contributed by atoms with Crippen LogP contribution in [0.2, 0.25) is 0 Å². The molecule has 0 N–H and O–H groups in total. The van der Waals surface area contributed by atoms with Crippen molar-refractivity contribution in [2.45, 2.75) is 23.9 Å². The molecule has 3 aromatic rings. The van der Waals surface area contributed by atoms with Gasteiger partial charge in [-0.25, -0.2) is 0 Å². The van der Waals surface area contributed by atoms with Gasteiger partial charge in [-0.05, 0) is 24.2 Å². The van der Waals surface area contributed by atoms with Crippen molar-refractivity contribution < 1.29 is 9.53 Å². The third-order valence-electron chi connectivity index (χ3n) is 5.91. The second-order valence-electron chi connectivity index (χ2n) is 8.25. The first-order valence-corrected chi connectivity index (χ1v) is 12.3. The standard InChI is InChI=1S/C25H31N5O2S/c1-28-12-14-29(15-13-28)24(31)22-11-7-6-10-21(22)19-33-25-27-26-23(30(25)16-17-32-2)18-20-8-4-3-5-9-20/h3-11H,12-19H2,1-2H3. The van der Waals surface area contributed by atoms with E-state index in [1.807, 2.05) is 47.4 Å². The summed E-state index contributed by atoms with van der Waals surface area (Å²) in [7, 11) is 3.80. The second kappa shape index (κ2) is 11.4. The molecular formula is C25H31N5O2S. The molecule has 1 fully saturated rings. The average molecular weight is 466 g/mol. The van der Waals surface area contributed by atoms with Crippen molar-refractivity contribution in [3.05, 3.63) is 77.1 Å². The van der Waals surface area contributed by atoms with Crippen molar-refractivity contribution in [2.24, 2.45) is 0 Å². The van der Waals surface area contributed by atoms with Gasteiger partial charge in [-0.3, -0.25) is 4.79 Å². The molecule has 1 aliphatic heterocycles. The summed E-state index contributed by atoms with van der Waals surface area (Å²) in [6, 6.07) is 18.2. The third-order valence-corrected chi connectivity index (χ3v) is 6.93. The number of benzene rings is 2. The highest BCUT2D eigenvalue weighted by molar-refractivity contribution is 7.98. The number of thioether (sulfide) groups is 1. The molecule has 0 saturated carbocycles. The number of aromatic nitrogens is 3. The lowest BCUT2D eigenvalue weighted by Gasteiger charge is -2.32. The smallest absolute Gasteiger partial charge is 0.254 e. The molecular weight excluding hydrogens is 434 g/mol. The van der Waals surface area contributed by atoms with Crippen LogP contribution in [0.4, 0.5) is 0 Å². The van der Waals surface area contributed by atoms with Gasteiger partial charge in [-0.2, -0.15) is 0 Å². The molecule has 0 atom stereocenters. The van der Waals surface area contributed by atoms with Crippen LogP contribution in [0.3, 0.4) is 0 Å². The summed E-state index contributed by atoms with van der Waals surface area (Å²) in [5.74, 6) is 1.69. The summed E-state index contributed by atoms with van der Waals surface area (Å²) in [6.45, 7) is 4.64. The fourth-order valence-electron chi connectivity index (χ4n) is 3.92. The van der Waals surface area contributed by atoms with E-state index in [0.717, 1.165) is 54.7 Å². The van der Waals surface area contributed by atoms with Crippen molar-refractivity contribution in [3.63, 3.8) is 0 Å². The lowest BCUT2D eigenvalue weighted by Crippen LogP contribution is -2.47. The van der Waals surface area contributed by atoms with E-state index in [9.17, 15) is 4.79 Å². The number of hydrogen-bond acceptors (Lipinski definition) is 6. The number of nitrogens with zero attached hydrogens (tertiary/aromatic N) is 5. The summed E-state index contributed by atoms with van der Waals surface area (Å²) >= 11 is 1.62. The number of piperazine rings is 1. The van der Waals surface area contributed by atoms with Crippen molar-refractivity contribution in [1.29, 1.82) is 0 Å². The Kier molecular flexibility index (Phi) is 8.15. The number of methoxy groups -OCH3 is 1. The summed E-state index contributed by atoms with van der Waals surface area (Å²) in [6.07, 6.45) is 0.719. The molecule has 0 unspecified atom stereocenters. The van der Waals surface area contributed by atoms with Crippen molar-refractivity contribution in [1.82, 2.24) is 24.6 Å². The van der Waals surface area contributed by atoms with Gasteiger partial charge in [0.1, 0.15) is 5.82 Å². The maximum Gasteiger partial charge on any atom is 0.254 e. The Labute approximate surface area is 199 Å². The van der Waals surface area contributed by atoms with E-state index >= 15 is 0 Å². The Balaban J connectivity index is 1.49. The molecule has 0 aliphatic carbocycles. The summed E-state index contributed by atoms with van der Waals surface area (Å²) in [5.41, 5.74) is 3.00. The molecule has 0 spiro atoms. The van der Waals surface area contributed by atoms with Gasteiger partial charge >= 0.3 is 0 Å². The van der Waals surface area contributed by atoms with Crippen LogP contribution in [0, 0.1) is 0 Å². The van der Waals surface area contributed by atoms with E-state index in [0.29, 0.717) is 18.9 Å². The molecule has 0 radical (unpaired) electrons. The van der Waals surface area contributed by atoms with Crippen LogP contribution < -0.4 is 0 Å². The van der Waals surface area contributed by atoms with E-state index < -0.39 is 0 Å². The van der Waals surface area contributed by atoms with Gasteiger partial charge in [0.25, 0.3) is 5.91 Å². The average Bonchev–Trinajstić information content (AvgIpc) is 3.23. The van der Waals surface area contributed by atoms with Crippen LogP contribution in [-0.4, -0.2) is 77.4 Å². The summed E-state index contributed by atoms with van der Waals surface area (Å²) < 4.78 is 7.46. The van der Waals surface area contributed by atoms with E-state index in [-0.39, 0.29) is 5.91 Å². The van der Waals surface area contributed by atoms with Crippen LogP contribution in [0.1, 0.15) is 27.3 Å². The van der Waals surface area contributed by atoms with Crippen LogP contribution >= 0.6 is 11.8 Å². The zero-order valence-corrected chi connectivity index (χ0v) is 20.1. The van der Waals surface area contributed by atoms with E-state index in [1.165, 1.54) is 5.56 Å². The van der Waals surface area contributed by atoms with Crippen molar-refractivity contribution in [2.75, 3.05) is 46.9 Å². The largest absolute Gasteiger partial charge is 0.383 e. The molecule has 0 bridgehead atoms. The van der Waals surface area contributed by atoms with Crippen LogP contribution in [0.25, 0.3) is 0 Å². The molecule has 2 aromatic carbocycles. The van der Waals surface area contributed by atoms with Crippen molar-refractivity contribution in [3.8, 4) is 0 Å². The fourth-order valence-corrected chi connectivity index (χ4v) is 4.91. The number of carbonyl (C=O) groups excluding carboxylic acids is 1. The molecule has 1 aliphatic rings. The van der Waals surface area contributed by atoms with Crippen LogP contribution in [-0.2, 0) is 23.5 Å². The van der Waals surface area contributed by atoms with Crippen molar-refractivity contribution >= 4 is 17.7 Å². The van der Waals surface area contributed by atoms with Crippen LogP contribution in [0.5, 0.6) is 0 Å². The third kappa shape index (κ3) is 6.01. The number of ether oxygens (including phenoxy) is 1. The van der Waals surface area contributed by atoms with Gasteiger partial charge in [0, 0.05) is 57.6 Å². The van der Waals surface area contributed by atoms with Gasteiger partial charge in [-0.15, -0.1) is 10.2 Å². The quantitative estimate of drug-likeness (QED) is 0.452. The molecule has 174 valence electrons. The topological polar surface area (TPSA) is 63.5 Å². The van der Waals surface area contributed by atoms with Gasteiger partial charge in [0.15, 0.2) is 5.16 Å². The Morgan fingerprint density at radius 2 is 1.73 bits per heavy atom. The fraction of sp³-hybridized carbons (Fsp3) is 0.400. The van der Waals surface area contributed by atoms with Crippen LogP contribution in [0.15, 0.2) is 59.8 Å². The minimum absolute atomic E-state index is 0.116. The SMILES string of the molecule is COCCn1c(Cc2ccccc2)nnc1SCc1ccccc1C(=O)N1CCN(C)CC1. The highest BCUT2D eigenvalue weighted by atomic mass is 32.2. The summed E-state index contributed by atoms with van der Waals surface area (Å²) in [4.78, 5) is 17.4. The first-order chi connectivity index (χ1) is 16.2. The lowest BCUT2D eigenvalue weighted by atomic mass is 10.1. The Morgan fingerprint density at radius 3 is 2.48 bits per heavy atom. The molecule has 1 aromatic heterocycles. The summed E-state index contributed by atoms with van der Waals surface area (Å²) in [5, 5.41) is 9.79. The predicted molar refractivity (Wildman–Crippen MR) is 131 cm³/mol. The molecule has 1 amide bonds. The minimum Gasteiger partial charge on any atom is -0.383 e. The first kappa shape index (κ1) is 23.5. The first-order valence-electron chi connectivity index (χ1n) is 11.3. The van der Waals surface area contributed by atoms with Gasteiger partial charge in [0.05, 0.1) is 6.61 Å². The molecule has 7 nitrogen and oxygen atoms in total. The maximum absolute atomic E-state index is 13.2. The molecule has 8 heteroatoms. The number of amides is 1. The Bertz CT molecular complexity index is 1050. The molecule has 4 rings (SSSR count). The second-order valence-corrected chi connectivity index (χ2v) is 9.19. The monoisotopic (exact) mass is 465 g/mol. The number of rotatable bonds is 9. The number of carbonyl (C=O) groups is 1. The van der Waals surface area contributed by atoms with Gasteiger partial charge in [0.2, 0.25) is 0 Å². The van der Waals surface area contributed by atoms with Gasteiger partial charge < -0.3 is 19.1 Å². The Morgan fingerprint density at radius 1 is 1.00 bits per heavy atom. The minimum atomic E-state index is 0.116. The highest BCUT2D eigenvalue weighted by Gasteiger charge is 2.22. The lowest BCUT2D eigenvalue weighted by molar-refractivity contribution is 0.0663. The van der Waals surface area contributed by atoms with E-state index in [2.05, 4.69) is 38.8 Å². The molecule has 2 heterocycles. The zero-order valence-electron chi connectivity index (χ0n) is 19.3. The van der Waals surface area contributed by atoms with E-state index in [4.69, 9.17) is 4.74 Å². The maximum atomic E-state index is 13.2. The normalized spacial score (nSPS) is 14.5. The van der Waals surface area contributed by atoms with Gasteiger partial charge in [-0.1, -0.05) is 60.3 Å². The Hall–Kier alpha value is -2.68. The molecule has 1 saturated heterocycles. The molecule has 33 heavy (non-hydrogen) atoms. The van der Waals surface area contributed by atoms with E-state index in [1.54, 1.807) is 18.9 Å². The zero-order chi connectivity index (χ0) is 23.0.